The van der Waals surface area contributed by atoms with Crippen LogP contribution in [0.2, 0.25) is 0 Å². The van der Waals surface area contributed by atoms with E-state index in [1.165, 1.54) is 0 Å². The molecule has 3 aromatic rings. The zero-order valence-corrected chi connectivity index (χ0v) is 19.2. The standard InChI is InChI=1S/C23H25N3O5S/c1-5-26-21(16-11-17(29-3)14-18(12-16)30-4)24-25-23(26)32-20(22(27)28)13-15-9-7-8-10-19(15)31-6-2/h7-14H,5-6H2,1-4H3,(H,27,28)/b20-13-. The number of hydrogen-bond acceptors (Lipinski definition) is 7. The molecular formula is C23H25N3O5S. The summed E-state index contributed by atoms with van der Waals surface area (Å²) >= 11 is 1.04. The maximum Gasteiger partial charge on any atom is 0.342 e. The fourth-order valence-electron chi connectivity index (χ4n) is 3.06. The summed E-state index contributed by atoms with van der Waals surface area (Å²) in [7, 11) is 3.16. The van der Waals surface area contributed by atoms with Gasteiger partial charge in [-0.15, -0.1) is 10.2 Å². The number of rotatable bonds is 10. The number of aromatic nitrogens is 3. The van der Waals surface area contributed by atoms with Gasteiger partial charge in [-0.3, -0.25) is 0 Å². The summed E-state index contributed by atoms with van der Waals surface area (Å²) in [5.74, 6) is 1.40. The molecule has 1 heterocycles. The second kappa shape index (κ2) is 10.7. The zero-order chi connectivity index (χ0) is 23.1. The molecule has 168 valence electrons. The van der Waals surface area contributed by atoms with E-state index in [1.54, 1.807) is 26.4 Å². The van der Waals surface area contributed by atoms with Crippen LogP contribution in [0.5, 0.6) is 17.2 Å². The summed E-state index contributed by atoms with van der Waals surface area (Å²) in [4.78, 5) is 12.1. The molecule has 1 N–H and O–H groups in total. The minimum Gasteiger partial charge on any atom is -0.497 e. The number of carbonyl (C=O) groups is 1. The molecule has 0 amide bonds. The lowest BCUT2D eigenvalue weighted by Gasteiger charge is -2.11. The SMILES string of the molecule is CCOc1ccccc1/C=C(\Sc1nnc(-c2cc(OC)cc(OC)c2)n1CC)C(=O)O. The van der Waals surface area contributed by atoms with Crippen LogP contribution >= 0.6 is 11.8 Å². The summed E-state index contributed by atoms with van der Waals surface area (Å²) < 4.78 is 18.2. The summed E-state index contributed by atoms with van der Waals surface area (Å²) in [6.07, 6.45) is 1.58. The highest BCUT2D eigenvalue weighted by Gasteiger charge is 2.19. The molecule has 0 fully saturated rings. The first kappa shape index (κ1) is 23.2. The predicted molar refractivity (Wildman–Crippen MR) is 123 cm³/mol. The lowest BCUT2D eigenvalue weighted by molar-refractivity contribution is -0.131. The maximum absolute atomic E-state index is 12.0. The number of carboxylic acids is 1. The van der Waals surface area contributed by atoms with Crippen LogP contribution in [-0.2, 0) is 11.3 Å². The molecule has 9 heteroatoms. The molecule has 0 radical (unpaired) electrons. The molecule has 32 heavy (non-hydrogen) atoms. The summed E-state index contributed by atoms with van der Waals surface area (Å²) in [5, 5.41) is 18.9. The van der Waals surface area contributed by atoms with E-state index in [0.717, 1.165) is 17.3 Å². The molecule has 0 spiro atoms. The predicted octanol–water partition coefficient (Wildman–Crippen LogP) is 4.60. The van der Waals surface area contributed by atoms with Gasteiger partial charge in [0, 0.05) is 23.7 Å². The van der Waals surface area contributed by atoms with Crippen LogP contribution in [0.25, 0.3) is 17.5 Å². The first-order valence-electron chi connectivity index (χ1n) is 10.0. The van der Waals surface area contributed by atoms with Crippen molar-refractivity contribution in [1.29, 1.82) is 0 Å². The van der Waals surface area contributed by atoms with Gasteiger partial charge in [0.25, 0.3) is 0 Å². The smallest absolute Gasteiger partial charge is 0.342 e. The number of para-hydroxylation sites is 1. The van der Waals surface area contributed by atoms with Crippen LogP contribution in [0.3, 0.4) is 0 Å². The van der Waals surface area contributed by atoms with Gasteiger partial charge in [-0.25, -0.2) is 4.79 Å². The second-order valence-electron chi connectivity index (χ2n) is 6.54. The van der Waals surface area contributed by atoms with Crippen LogP contribution in [0.1, 0.15) is 19.4 Å². The first-order chi connectivity index (χ1) is 15.5. The number of hydrogen-bond donors (Lipinski definition) is 1. The maximum atomic E-state index is 12.0. The monoisotopic (exact) mass is 455 g/mol. The van der Waals surface area contributed by atoms with Crippen molar-refractivity contribution in [3.63, 3.8) is 0 Å². The van der Waals surface area contributed by atoms with E-state index in [4.69, 9.17) is 14.2 Å². The first-order valence-corrected chi connectivity index (χ1v) is 10.8. The molecule has 0 bridgehead atoms. The third-order valence-electron chi connectivity index (χ3n) is 4.56. The molecule has 8 nitrogen and oxygen atoms in total. The van der Waals surface area contributed by atoms with Crippen molar-refractivity contribution >= 4 is 23.8 Å². The lowest BCUT2D eigenvalue weighted by atomic mass is 10.2. The van der Waals surface area contributed by atoms with Crippen molar-refractivity contribution in [1.82, 2.24) is 14.8 Å². The third kappa shape index (κ3) is 5.23. The Hall–Kier alpha value is -3.46. The van der Waals surface area contributed by atoms with Crippen molar-refractivity contribution in [2.45, 2.75) is 25.5 Å². The highest BCUT2D eigenvalue weighted by molar-refractivity contribution is 8.04. The van der Waals surface area contributed by atoms with Crippen LogP contribution < -0.4 is 14.2 Å². The Kier molecular flexibility index (Phi) is 7.77. The second-order valence-corrected chi connectivity index (χ2v) is 7.55. The van der Waals surface area contributed by atoms with Gasteiger partial charge in [-0.05, 0) is 49.9 Å². The van der Waals surface area contributed by atoms with Crippen molar-refractivity contribution < 1.29 is 24.1 Å². The third-order valence-corrected chi connectivity index (χ3v) is 5.56. The molecule has 0 aliphatic rings. The fourth-order valence-corrected chi connectivity index (χ4v) is 3.94. The Labute approximate surface area is 190 Å². The van der Waals surface area contributed by atoms with E-state index >= 15 is 0 Å². The van der Waals surface area contributed by atoms with Crippen molar-refractivity contribution in [3.8, 4) is 28.6 Å². The van der Waals surface area contributed by atoms with E-state index in [1.807, 2.05) is 54.8 Å². The van der Waals surface area contributed by atoms with E-state index in [9.17, 15) is 9.90 Å². The van der Waals surface area contributed by atoms with Crippen molar-refractivity contribution in [2.75, 3.05) is 20.8 Å². The molecule has 0 atom stereocenters. The molecule has 2 aromatic carbocycles. The van der Waals surface area contributed by atoms with E-state index in [-0.39, 0.29) is 4.91 Å². The summed E-state index contributed by atoms with van der Waals surface area (Å²) in [6.45, 7) is 4.86. The molecule has 0 saturated heterocycles. The average molecular weight is 456 g/mol. The van der Waals surface area contributed by atoms with Crippen molar-refractivity contribution in [2.24, 2.45) is 0 Å². The number of carboxylic acid groups (broad SMARTS) is 1. The Morgan fingerprint density at radius 1 is 1.09 bits per heavy atom. The number of thioether (sulfide) groups is 1. The van der Waals surface area contributed by atoms with Gasteiger partial charge in [0.2, 0.25) is 0 Å². The topological polar surface area (TPSA) is 95.7 Å². The molecule has 1 aromatic heterocycles. The molecule has 0 saturated carbocycles. The van der Waals surface area contributed by atoms with Crippen LogP contribution in [0, 0.1) is 0 Å². The van der Waals surface area contributed by atoms with Crippen LogP contribution in [0.15, 0.2) is 52.5 Å². The minimum atomic E-state index is -1.06. The largest absolute Gasteiger partial charge is 0.497 e. The molecular weight excluding hydrogens is 430 g/mol. The summed E-state index contributed by atoms with van der Waals surface area (Å²) in [6, 6.07) is 12.7. The fraction of sp³-hybridized carbons (Fsp3) is 0.261. The highest BCUT2D eigenvalue weighted by atomic mass is 32.2. The zero-order valence-electron chi connectivity index (χ0n) is 18.4. The average Bonchev–Trinajstić information content (AvgIpc) is 3.22. The molecule has 0 unspecified atom stereocenters. The lowest BCUT2D eigenvalue weighted by Crippen LogP contribution is -2.03. The Morgan fingerprint density at radius 2 is 1.78 bits per heavy atom. The number of aliphatic carboxylic acids is 1. The van der Waals surface area contributed by atoms with E-state index < -0.39 is 5.97 Å². The van der Waals surface area contributed by atoms with Gasteiger partial charge in [0.15, 0.2) is 11.0 Å². The highest BCUT2D eigenvalue weighted by Crippen LogP contribution is 2.34. The molecule has 0 aliphatic heterocycles. The van der Waals surface area contributed by atoms with Gasteiger partial charge in [-0.1, -0.05) is 18.2 Å². The van der Waals surface area contributed by atoms with Gasteiger partial charge >= 0.3 is 5.97 Å². The summed E-state index contributed by atoms with van der Waals surface area (Å²) in [5.41, 5.74) is 1.43. The Bertz CT molecular complexity index is 1100. The van der Waals surface area contributed by atoms with Gasteiger partial charge in [0.1, 0.15) is 22.2 Å². The van der Waals surface area contributed by atoms with Crippen molar-refractivity contribution in [3.05, 3.63) is 52.9 Å². The Balaban J connectivity index is 2.00. The Morgan fingerprint density at radius 3 is 2.38 bits per heavy atom. The van der Waals surface area contributed by atoms with Crippen LogP contribution in [-0.4, -0.2) is 46.7 Å². The number of benzene rings is 2. The van der Waals surface area contributed by atoms with Crippen LogP contribution in [0.4, 0.5) is 0 Å². The number of ether oxygens (including phenoxy) is 3. The quantitative estimate of drug-likeness (QED) is 0.350. The number of nitrogens with zero attached hydrogens (tertiary/aromatic N) is 3. The van der Waals surface area contributed by atoms with E-state index in [0.29, 0.717) is 46.9 Å². The van der Waals surface area contributed by atoms with Gasteiger partial charge in [-0.2, -0.15) is 0 Å². The molecule has 0 aliphatic carbocycles. The molecule has 3 rings (SSSR count). The van der Waals surface area contributed by atoms with E-state index in [2.05, 4.69) is 10.2 Å². The minimum absolute atomic E-state index is 0.106. The van der Waals surface area contributed by atoms with Gasteiger partial charge in [0.05, 0.1) is 20.8 Å². The normalized spacial score (nSPS) is 11.3. The van der Waals surface area contributed by atoms with Gasteiger partial charge < -0.3 is 23.9 Å². The number of methoxy groups -OCH3 is 2.